The molecule has 2 aliphatic rings. The van der Waals surface area contributed by atoms with Crippen LogP contribution in [0.1, 0.15) is 51.4 Å². The Morgan fingerprint density at radius 2 is 0.787 bits per heavy atom. The smallest absolute Gasteiger partial charge is 0.548 e. The number of benzene rings is 4. The van der Waals surface area contributed by atoms with Crippen LogP contribution in [0.4, 0.5) is 41.1 Å². The largest absolute Gasteiger partial charge is 2.00 e. The summed E-state index contributed by atoms with van der Waals surface area (Å²) in [6.45, 7) is 0.609. The van der Waals surface area contributed by atoms with Gasteiger partial charge < -0.3 is 38.7 Å². The van der Waals surface area contributed by atoms with Gasteiger partial charge in [-0.25, -0.2) is 28.2 Å². The summed E-state index contributed by atoms with van der Waals surface area (Å²) < 4.78 is 48.9. The Labute approximate surface area is 384 Å². The molecule has 0 atom stereocenters. The molecule has 0 heterocycles. The number of anilines is 4. The predicted molar refractivity (Wildman–Crippen MR) is 221 cm³/mol. The molecule has 0 spiro atoms. The van der Waals surface area contributed by atoms with Gasteiger partial charge in [-0.3, -0.25) is 0 Å². The van der Waals surface area contributed by atoms with Crippen molar-refractivity contribution in [3.63, 3.8) is 0 Å². The number of aliphatic carboxylic acids is 2. The van der Waals surface area contributed by atoms with Crippen LogP contribution in [0.15, 0.2) is 109 Å². The molecule has 0 saturated heterocycles. The fourth-order valence-electron chi connectivity index (χ4n) is 7.36. The fourth-order valence-corrected chi connectivity index (χ4v) is 7.36. The molecule has 0 N–H and O–H groups in total. The Bertz CT molecular complexity index is 1820. The number of carbonyl (C=O) groups excluding carboxylic acids is 4. The topological polar surface area (TPSA) is 158 Å². The summed E-state index contributed by atoms with van der Waals surface area (Å²) in [5, 5.41) is 20.8. The minimum absolute atomic E-state index is 0. The number of halogens is 2. The molecule has 320 valence electrons. The molecule has 2 amide bonds. The van der Waals surface area contributed by atoms with Crippen LogP contribution in [0.2, 0.25) is 0 Å². The number of ether oxygens (including phenoxy) is 4. The molecule has 61 heavy (non-hydrogen) atoms. The Morgan fingerprint density at radius 3 is 1.10 bits per heavy atom. The minimum atomic E-state index is -1.21. The summed E-state index contributed by atoms with van der Waals surface area (Å²) in [5.41, 5.74) is 2.00. The quantitative estimate of drug-likeness (QED) is 0.108. The van der Waals surface area contributed by atoms with Gasteiger partial charge in [-0.1, -0.05) is 48.5 Å². The summed E-state index contributed by atoms with van der Waals surface area (Å²) in [5.74, 6) is -2.20. The zero-order valence-corrected chi connectivity index (χ0v) is 36.2. The van der Waals surface area contributed by atoms with E-state index >= 15 is 0 Å². The van der Waals surface area contributed by atoms with E-state index in [-0.39, 0.29) is 76.0 Å². The first-order valence-corrected chi connectivity index (χ1v) is 20.2. The molecule has 0 bridgehead atoms. The van der Waals surface area contributed by atoms with Crippen LogP contribution in [-0.4, -0.2) is 102 Å². The Morgan fingerprint density at radius 1 is 0.475 bits per heavy atom. The van der Waals surface area contributed by atoms with Crippen molar-refractivity contribution in [3.8, 4) is 0 Å². The first-order chi connectivity index (χ1) is 29.0. The van der Waals surface area contributed by atoms with E-state index in [0.29, 0.717) is 47.8 Å². The number of carboxylic acids is 2. The SMILES string of the molecule is O=C([O-])COC[C@H]1CC[C@H](COC(=O)N(c2ccccc2)c2cccc(F)c2)CC1.O=C([O-])COC[C@H]1CC[C@H](COC(=O)N(c2ccccc2)c2cccc(F)c2)CC1.[Ca+2]. The number of nitrogens with zero attached hydrogens (tertiary/aromatic N) is 2. The molecular formula is C46H50CaF2N2O10. The maximum absolute atomic E-state index is 13.7. The molecular weight excluding hydrogens is 819 g/mol. The van der Waals surface area contributed by atoms with Gasteiger partial charge in [0.1, 0.15) is 11.6 Å². The van der Waals surface area contributed by atoms with Crippen molar-refractivity contribution in [3.05, 3.63) is 121 Å². The third-order valence-corrected chi connectivity index (χ3v) is 10.5. The molecule has 0 unspecified atom stereocenters. The number of amides is 2. The van der Waals surface area contributed by atoms with E-state index in [1.807, 2.05) is 12.1 Å². The van der Waals surface area contributed by atoms with E-state index in [0.717, 1.165) is 51.4 Å². The van der Waals surface area contributed by atoms with Crippen molar-refractivity contribution in [2.45, 2.75) is 51.4 Å². The third kappa shape index (κ3) is 16.7. The first kappa shape index (κ1) is 49.1. The van der Waals surface area contributed by atoms with Crippen molar-refractivity contribution in [2.75, 3.05) is 49.4 Å². The first-order valence-electron chi connectivity index (χ1n) is 20.2. The molecule has 0 radical (unpaired) electrons. The molecule has 6 rings (SSSR count). The van der Waals surface area contributed by atoms with Crippen LogP contribution in [0.25, 0.3) is 0 Å². The maximum Gasteiger partial charge on any atom is 2.00 e. The zero-order chi connectivity index (χ0) is 42.7. The molecule has 0 aliphatic heterocycles. The molecule has 4 aromatic rings. The van der Waals surface area contributed by atoms with Crippen LogP contribution in [0.5, 0.6) is 0 Å². The summed E-state index contributed by atoms with van der Waals surface area (Å²) in [7, 11) is 0. The van der Waals surface area contributed by atoms with Gasteiger partial charge in [0, 0.05) is 13.2 Å². The van der Waals surface area contributed by atoms with Gasteiger partial charge in [0.2, 0.25) is 0 Å². The maximum atomic E-state index is 13.7. The standard InChI is InChI=1S/2C23H26FNO5.Ca/c2*24-19-5-4-8-21(13-19)25(20-6-2-1-3-7-20)23(28)30-15-18-11-9-17(10-12-18)14-29-16-22(26)27;/h2*1-8,13,17-18H,9-12,14-16H2,(H,26,27);/q;;+2/p-2/t2*17-,18-;. The average Bonchev–Trinajstić information content (AvgIpc) is 3.24. The minimum Gasteiger partial charge on any atom is -0.548 e. The van der Waals surface area contributed by atoms with Gasteiger partial charge >= 0.3 is 49.9 Å². The number of para-hydroxylation sites is 2. The molecule has 2 fully saturated rings. The van der Waals surface area contributed by atoms with Gasteiger partial charge in [0.05, 0.1) is 61.1 Å². The molecule has 15 heteroatoms. The summed E-state index contributed by atoms with van der Waals surface area (Å²) in [6, 6.07) is 29.6. The Hall–Kier alpha value is -4.60. The van der Waals surface area contributed by atoms with E-state index in [9.17, 15) is 38.2 Å². The Kier molecular flexibility index (Phi) is 20.9. The van der Waals surface area contributed by atoms with Crippen LogP contribution in [0, 0.1) is 35.3 Å². The van der Waals surface area contributed by atoms with Gasteiger partial charge in [-0.05, 0) is 136 Å². The van der Waals surface area contributed by atoms with E-state index in [2.05, 4.69) is 0 Å². The summed E-state index contributed by atoms with van der Waals surface area (Å²) in [6.07, 6.45) is 5.95. The van der Waals surface area contributed by atoms with Crippen LogP contribution in [-0.2, 0) is 28.5 Å². The second kappa shape index (κ2) is 26.0. The summed E-state index contributed by atoms with van der Waals surface area (Å²) in [4.78, 5) is 49.3. The number of rotatable bonds is 16. The number of carboxylic acid groups (broad SMARTS) is 2. The Balaban J connectivity index is 0.000000264. The third-order valence-electron chi connectivity index (χ3n) is 10.5. The van der Waals surface area contributed by atoms with Crippen LogP contribution >= 0.6 is 0 Å². The van der Waals surface area contributed by atoms with Gasteiger partial charge in [-0.2, -0.15) is 0 Å². The van der Waals surface area contributed by atoms with Crippen molar-refractivity contribution >= 4 is 84.6 Å². The molecule has 2 saturated carbocycles. The number of hydrogen-bond donors (Lipinski definition) is 0. The average molecular weight is 869 g/mol. The summed E-state index contributed by atoms with van der Waals surface area (Å²) >= 11 is 0. The van der Waals surface area contributed by atoms with Crippen molar-refractivity contribution < 1.29 is 57.1 Å². The molecule has 4 aromatic carbocycles. The van der Waals surface area contributed by atoms with E-state index < -0.39 is 35.8 Å². The molecule has 12 nitrogen and oxygen atoms in total. The number of hydrogen-bond acceptors (Lipinski definition) is 10. The van der Waals surface area contributed by atoms with E-state index in [1.54, 1.807) is 72.8 Å². The van der Waals surface area contributed by atoms with Gasteiger partial charge in [-0.15, -0.1) is 0 Å². The molecule has 0 aromatic heterocycles. The second-order valence-electron chi connectivity index (χ2n) is 15.0. The number of carbonyl (C=O) groups is 4. The zero-order valence-electron chi connectivity index (χ0n) is 34.0. The predicted octanol–water partition coefficient (Wildman–Crippen LogP) is 6.97. The van der Waals surface area contributed by atoms with Crippen molar-refractivity contribution in [2.24, 2.45) is 23.7 Å². The normalized spacial score (nSPS) is 18.3. The van der Waals surface area contributed by atoms with Crippen LogP contribution in [0.3, 0.4) is 0 Å². The van der Waals surface area contributed by atoms with E-state index in [4.69, 9.17) is 18.9 Å². The monoisotopic (exact) mass is 868 g/mol. The molecule has 2 aliphatic carbocycles. The van der Waals surface area contributed by atoms with Gasteiger partial charge in [0.25, 0.3) is 0 Å². The van der Waals surface area contributed by atoms with E-state index in [1.165, 1.54) is 34.1 Å². The van der Waals surface area contributed by atoms with Crippen molar-refractivity contribution in [1.82, 2.24) is 0 Å². The fraction of sp³-hybridized carbons (Fsp3) is 0.391. The van der Waals surface area contributed by atoms with Gasteiger partial charge in [0.15, 0.2) is 0 Å². The van der Waals surface area contributed by atoms with Crippen LogP contribution < -0.4 is 20.0 Å². The van der Waals surface area contributed by atoms with Crippen molar-refractivity contribution in [1.29, 1.82) is 0 Å². The second-order valence-corrected chi connectivity index (χ2v) is 15.0.